The predicted octanol–water partition coefficient (Wildman–Crippen LogP) is 3.13. The smallest absolute Gasteiger partial charge is 0.302 e. The summed E-state index contributed by atoms with van der Waals surface area (Å²) < 4.78 is 16.3. The van der Waals surface area contributed by atoms with Crippen molar-refractivity contribution < 1.29 is 28.9 Å². The van der Waals surface area contributed by atoms with Crippen LogP contribution in [0.1, 0.15) is 17.2 Å². The molecule has 1 fully saturated rings. The Labute approximate surface area is 189 Å². The summed E-state index contributed by atoms with van der Waals surface area (Å²) in [7, 11) is 4.39. The Morgan fingerprint density at radius 2 is 1.52 bits per heavy atom. The average Bonchev–Trinajstić information content (AvgIpc) is 3.13. The molecule has 0 aliphatic carbocycles. The molecule has 1 aliphatic heterocycles. The Morgan fingerprint density at radius 1 is 0.909 bits per heavy atom. The number of aliphatic hydroxyl groups is 1. The van der Waals surface area contributed by atoms with Gasteiger partial charge in [-0.1, -0.05) is 30.3 Å². The molecule has 1 aliphatic rings. The minimum absolute atomic E-state index is 0.0189. The van der Waals surface area contributed by atoms with Crippen molar-refractivity contribution in [1.82, 2.24) is 9.97 Å². The predicted molar refractivity (Wildman–Crippen MR) is 119 cm³/mol. The number of amides is 1. The first-order valence-corrected chi connectivity index (χ1v) is 9.95. The molecule has 33 heavy (non-hydrogen) atoms. The lowest BCUT2D eigenvalue weighted by Gasteiger charge is -2.25. The fourth-order valence-corrected chi connectivity index (χ4v) is 3.78. The molecule has 2 heterocycles. The van der Waals surface area contributed by atoms with E-state index >= 15 is 0 Å². The number of hydrogen-bond donors (Lipinski definition) is 1. The van der Waals surface area contributed by atoms with Crippen molar-refractivity contribution in [1.29, 1.82) is 0 Å². The molecule has 1 amide bonds. The molecule has 1 aromatic heterocycles. The second-order valence-corrected chi connectivity index (χ2v) is 7.04. The maximum absolute atomic E-state index is 13.2. The molecule has 1 unspecified atom stereocenters. The normalized spacial score (nSPS) is 17.2. The summed E-state index contributed by atoms with van der Waals surface area (Å²) in [6.45, 7) is 0. The molecule has 0 saturated carbocycles. The third-order valence-electron chi connectivity index (χ3n) is 5.26. The van der Waals surface area contributed by atoms with Crippen LogP contribution in [0.4, 0.5) is 5.95 Å². The number of methoxy groups -OCH3 is 3. The van der Waals surface area contributed by atoms with Gasteiger partial charge in [-0.05, 0) is 23.8 Å². The molecule has 1 saturated heterocycles. The minimum Gasteiger partial charge on any atom is -0.507 e. The van der Waals surface area contributed by atoms with Crippen LogP contribution in [0, 0.1) is 0 Å². The molecular weight excluding hydrogens is 426 g/mol. The van der Waals surface area contributed by atoms with E-state index in [-0.39, 0.29) is 17.3 Å². The maximum Gasteiger partial charge on any atom is 0.302 e. The fraction of sp³-hybridized carbons (Fsp3) is 0.167. The van der Waals surface area contributed by atoms with Crippen LogP contribution in [0.5, 0.6) is 17.2 Å². The van der Waals surface area contributed by atoms with Crippen molar-refractivity contribution >= 4 is 23.4 Å². The number of carbonyl (C=O) groups excluding carboxylic acids is 2. The fourth-order valence-electron chi connectivity index (χ4n) is 3.78. The largest absolute Gasteiger partial charge is 0.507 e. The van der Waals surface area contributed by atoms with Gasteiger partial charge < -0.3 is 19.3 Å². The van der Waals surface area contributed by atoms with Gasteiger partial charge in [-0.25, -0.2) is 9.97 Å². The van der Waals surface area contributed by atoms with Crippen molar-refractivity contribution in [3.8, 4) is 17.2 Å². The quantitative estimate of drug-likeness (QED) is 0.349. The minimum atomic E-state index is -1.04. The Balaban J connectivity index is 2.01. The Kier molecular flexibility index (Phi) is 5.95. The number of nitrogens with zero attached hydrogens (tertiary/aromatic N) is 3. The molecule has 9 heteroatoms. The van der Waals surface area contributed by atoms with Gasteiger partial charge in [-0.3, -0.25) is 14.5 Å². The van der Waals surface area contributed by atoms with Crippen LogP contribution in [0.3, 0.4) is 0 Å². The SMILES string of the molecule is COc1cc(C2/C(=C(/O)c3ccccc3)C(=O)C(=O)N2c2ncccn2)cc(OC)c1OC. The summed E-state index contributed by atoms with van der Waals surface area (Å²) in [6.07, 6.45) is 2.93. The topological polar surface area (TPSA) is 111 Å². The van der Waals surface area contributed by atoms with Gasteiger partial charge >= 0.3 is 5.91 Å². The average molecular weight is 447 g/mol. The van der Waals surface area contributed by atoms with Crippen LogP contribution >= 0.6 is 0 Å². The number of carbonyl (C=O) groups is 2. The van der Waals surface area contributed by atoms with Gasteiger partial charge in [-0.15, -0.1) is 0 Å². The van der Waals surface area contributed by atoms with E-state index in [1.54, 1.807) is 48.5 Å². The van der Waals surface area contributed by atoms with E-state index in [0.717, 1.165) is 4.90 Å². The second-order valence-electron chi connectivity index (χ2n) is 7.04. The summed E-state index contributed by atoms with van der Waals surface area (Å²) in [4.78, 5) is 35.8. The highest BCUT2D eigenvalue weighted by molar-refractivity contribution is 6.51. The summed E-state index contributed by atoms with van der Waals surface area (Å²) in [5.41, 5.74) is 0.725. The standard InChI is InChI=1S/C24H21N3O6/c1-31-16-12-15(13-17(32-2)22(16)33-3)19-18(20(28)14-8-5-4-6-9-14)21(29)23(30)27(19)24-25-10-7-11-26-24/h4-13,19,28H,1-3H3/b20-18-. The van der Waals surface area contributed by atoms with Crippen LogP contribution in [0.25, 0.3) is 5.76 Å². The maximum atomic E-state index is 13.2. The summed E-state index contributed by atoms with van der Waals surface area (Å²) in [5.74, 6) is -1.02. The number of anilines is 1. The monoisotopic (exact) mass is 447 g/mol. The molecular formula is C24H21N3O6. The first-order valence-electron chi connectivity index (χ1n) is 9.95. The molecule has 3 aromatic rings. The number of aromatic nitrogens is 2. The summed E-state index contributed by atoms with van der Waals surface area (Å²) in [5, 5.41) is 11.1. The van der Waals surface area contributed by atoms with Crippen LogP contribution < -0.4 is 19.1 Å². The lowest BCUT2D eigenvalue weighted by molar-refractivity contribution is -0.132. The zero-order valence-corrected chi connectivity index (χ0v) is 18.2. The van der Waals surface area contributed by atoms with Gasteiger partial charge in [0, 0.05) is 18.0 Å². The van der Waals surface area contributed by atoms with E-state index in [1.807, 2.05) is 0 Å². The lowest BCUT2D eigenvalue weighted by Crippen LogP contribution is -2.31. The van der Waals surface area contributed by atoms with Gasteiger partial charge in [0.25, 0.3) is 5.78 Å². The van der Waals surface area contributed by atoms with Crippen molar-refractivity contribution in [2.24, 2.45) is 0 Å². The number of hydrogen-bond acceptors (Lipinski definition) is 8. The van der Waals surface area contributed by atoms with Crippen LogP contribution in [0.2, 0.25) is 0 Å². The van der Waals surface area contributed by atoms with Crippen molar-refractivity contribution in [2.75, 3.05) is 26.2 Å². The van der Waals surface area contributed by atoms with E-state index in [1.165, 1.54) is 33.7 Å². The molecule has 4 rings (SSSR count). The van der Waals surface area contributed by atoms with Gasteiger partial charge in [-0.2, -0.15) is 0 Å². The third kappa shape index (κ3) is 3.73. The molecule has 168 valence electrons. The van der Waals surface area contributed by atoms with E-state index in [9.17, 15) is 14.7 Å². The van der Waals surface area contributed by atoms with E-state index in [2.05, 4.69) is 9.97 Å². The van der Waals surface area contributed by atoms with Crippen molar-refractivity contribution in [2.45, 2.75) is 6.04 Å². The molecule has 9 nitrogen and oxygen atoms in total. The molecule has 1 atom stereocenters. The lowest BCUT2D eigenvalue weighted by atomic mass is 9.94. The number of benzene rings is 2. The van der Waals surface area contributed by atoms with Crippen molar-refractivity contribution in [3.63, 3.8) is 0 Å². The van der Waals surface area contributed by atoms with E-state index < -0.39 is 17.7 Å². The third-order valence-corrected chi connectivity index (χ3v) is 5.26. The van der Waals surface area contributed by atoms with Gasteiger partial charge in [0.1, 0.15) is 5.76 Å². The van der Waals surface area contributed by atoms with Crippen LogP contribution in [0.15, 0.2) is 66.5 Å². The first-order chi connectivity index (χ1) is 16.0. The van der Waals surface area contributed by atoms with Crippen LogP contribution in [-0.2, 0) is 9.59 Å². The molecule has 1 N–H and O–H groups in total. The molecule has 0 radical (unpaired) electrons. The summed E-state index contributed by atoms with van der Waals surface area (Å²) >= 11 is 0. The molecule has 0 bridgehead atoms. The van der Waals surface area contributed by atoms with Gasteiger partial charge in [0.15, 0.2) is 11.5 Å². The second kappa shape index (κ2) is 8.99. The van der Waals surface area contributed by atoms with Crippen molar-refractivity contribution in [3.05, 3.63) is 77.6 Å². The van der Waals surface area contributed by atoms with Crippen LogP contribution in [-0.4, -0.2) is 48.1 Å². The summed E-state index contributed by atoms with van der Waals surface area (Å²) in [6, 6.07) is 12.3. The Morgan fingerprint density at radius 3 is 2.06 bits per heavy atom. The number of ether oxygens (including phenoxy) is 3. The number of ketones is 1. The number of rotatable bonds is 6. The Hall–Kier alpha value is -4.40. The molecule has 2 aromatic carbocycles. The van der Waals surface area contributed by atoms with Gasteiger partial charge in [0.05, 0.1) is 32.9 Å². The zero-order chi connectivity index (χ0) is 23.5. The van der Waals surface area contributed by atoms with E-state index in [4.69, 9.17) is 14.2 Å². The van der Waals surface area contributed by atoms with E-state index in [0.29, 0.717) is 28.4 Å². The number of aliphatic hydroxyl groups excluding tert-OH is 1. The number of Topliss-reactive ketones (excluding diaryl/α,β-unsaturated/α-hetero) is 1. The zero-order valence-electron chi connectivity index (χ0n) is 18.2. The highest BCUT2D eigenvalue weighted by atomic mass is 16.5. The Bertz CT molecular complexity index is 1200. The highest BCUT2D eigenvalue weighted by Crippen LogP contribution is 2.46. The van der Waals surface area contributed by atoms with Gasteiger partial charge in [0.2, 0.25) is 11.7 Å². The highest BCUT2D eigenvalue weighted by Gasteiger charge is 2.48. The molecule has 0 spiro atoms. The first kappa shape index (κ1) is 21.8.